The standard InChI is InChI=1S/C11H16O7S/c1-5(12)16-8-4-19-11(15)10(18-7(3)14)9(8)17-6(2)13/h8-11,15H,4H2,1-3H3/t8-,9-,10+,11?/m0/s1. The lowest BCUT2D eigenvalue weighted by atomic mass is 10.1. The molecule has 0 saturated carbocycles. The summed E-state index contributed by atoms with van der Waals surface area (Å²) in [6, 6.07) is 0. The summed E-state index contributed by atoms with van der Waals surface area (Å²) < 4.78 is 15.0. The molecular weight excluding hydrogens is 276 g/mol. The number of aliphatic hydroxyl groups is 1. The minimum absolute atomic E-state index is 0.246. The maximum absolute atomic E-state index is 11.1. The van der Waals surface area contributed by atoms with Crippen LogP contribution >= 0.6 is 11.8 Å². The SMILES string of the molecule is CC(=O)O[C@H]1[C@@H](OC(C)=O)CSC(O)[C@@H]1OC(C)=O. The van der Waals surface area contributed by atoms with Crippen molar-refractivity contribution in [2.24, 2.45) is 0 Å². The molecule has 0 aromatic carbocycles. The summed E-state index contributed by atoms with van der Waals surface area (Å²) in [5.74, 6) is -1.53. The van der Waals surface area contributed by atoms with Crippen LogP contribution in [0.25, 0.3) is 0 Å². The molecule has 0 aromatic rings. The van der Waals surface area contributed by atoms with Crippen LogP contribution in [-0.4, -0.2) is 52.5 Å². The molecule has 1 saturated heterocycles. The van der Waals surface area contributed by atoms with Crippen LogP contribution < -0.4 is 0 Å². The molecule has 8 heteroatoms. The van der Waals surface area contributed by atoms with E-state index in [2.05, 4.69) is 0 Å². The number of thioether (sulfide) groups is 1. The quantitative estimate of drug-likeness (QED) is 0.566. The van der Waals surface area contributed by atoms with Crippen molar-refractivity contribution in [2.45, 2.75) is 44.5 Å². The van der Waals surface area contributed by atoms with Crippen LogP contribution in [0, 0.1) is 0 Å². The molecular formula is C11H16O7S. The Morgan fingerprint density at radius 3 is 1.89 bits per heavy atom. The second-order valence-corrected chi connectivity index (χ2v) is 5.17. The predicted octanol–water partition coefficient (Wildman–Crippen LogP) is -0.153. The second-order valence-electron chi connectivity index (χ2n) is 4.02. The summed E-state index contributed by atoms with van der Waals surface area (Å²) in [7, 11) is 0. The number of esters is 3. The van der Waals surface area contributed by atoms with Crippen LogP contribution in [0.15, 0.2) is 0 Å². The highest BCUT2D eigenvalue weighted by atomic mass is 32.2. The number of aliphatic hydroxyl groups excluding tert-OH is 1. The molecule has 0 amide bonds. The molecule has 0 spiro atoms. The van der Waals surface area contributed by atoms with Crippen molar-refractivity contribution in [3.8, 4) is 0 Å². The summed E-state index contributed by atoms with van der Waals surface area (Å²) in [5.41, 5.74) is -1.04. The van der Waals surface area contributed by atoms with Gasteiger partial charge < -0.3 is 19.3 Å². The lowest BCUT2D eigenvalue weighted by molar-refractivity contribution is -0.187. The van der Waals surface area contributed by atoms with Crippen molar-refractivity contribution in [3.05, 3.63) is 0 Å². The second kappa shape index (κ2) is 6.76. The minimum Gasteiger partial charge on any atom is -0.458 e. The van der Waals surface area contributed by atoms with Gasteiger partial charge in [-0.3, -0.25) is 14.4 Å². The van der Waals surface area contributed by atoms with Gasteiger partial charge in [-0.15, -0.1) is 11.8 Å². The highest BCUT2D eigenvalue weighted by molar-refractivity contribution is 7.99. The van der Waals surface area contributed by atoms with Gasteiger partial charge in [0, 0.05) is 26.5 Å². The van der Waals surface area contributed by atoms with Crippen molar-refractivity contribution in [3.63, 3.8) is 0 Å². The van der Waals surface area contributed by atoms with E-state index in [9.17, 15) is 19.5 Å². The topological polar surface area (TPSA) is 99.1 Å². The molecule has 1 aliphatic rings. The van der Waals surface area contributed by atoms with E-state index in [1.165, 1.54) is 20.8 Å². The van der Waals surface area contributed by atoms with Gasteiger partial charge in [-0.05, 0) is 0 Å². The van der Waals surface area contributed by atoms with Crippen molar-refractivity contribution in [1.82, 2.24) is 0 Å². The zero-order valence-corrected chi connectivity index (χ0v) is 11.6. The number of ether oxygens (including phenoxy) is 3. The fourth-order valence-corrected chi connectivity index (χ4v) is 2.77. The first-order chi connectivity index (χ1) is 8.81. The third kappa shape index (κ3) is 4.71. The Kier molecular flexibility index (Phi) is 5.61. The summed E-state index contributed by atoms with van der Waals surface area (Å²) in [6.07, 6.45) is -2.84. The van der Waals surface area contributed by atoms with Crippen molar-refractivity contribution >= 4 is 29.7 Å². The van der Waals surface area contributed by atoms with E-state index in [-0.39, 0.29) is 5.75 Å². The van der Waals surface area contributed by atoms with E-state index in [0.29, 0.717) is 0 Å². The maximum atomic E-state index is 11.1. The third-order valence-corrected chi connectivity index (χ3v) is 3.45. The van der Waals surface area contributed by atoms with E-state index < -0.39 is 41.7 Å². The van der Waals surface area contributed by atoms with Gasteiger partial charge in [-0.25, -0.2) is 0 Å². The van der Waals surface area contributed by atoms with E-state index in [1.54, 1.807) is 0 Å². The van der Waals surface area contributed by atoms with Gasteiger partial charge in [0.05, 0.1) is 0 Å². The average molecular weight is 292 g/mol. The molecule has 108 valence electrons. The van der Waals surface area contributed by atoms with Crippen molar-refractivity contribution < 1.29 is 33.7 Å². The Morgan fingerprint density at radius 1 is 0.947 bits per heavy atom. The van der Waals surface area contributed by atoms with Gasteiger partial charge in [0.1, 0.15) is 5.44 Å². The molecule has 1 unspecified atom stereocenters. The minimum atomic E-state index is -1.07. The molecule has 1 fully saturated rings. The van der Waals surface area contributed by atoms with Crippen LogP contribution in [-0.2, 0) is 28.6 Å². The van der Waals surface area contributed by atoms with Crippen LogP contribution in [0.2, 0.25) is 0 Å². The van der Waals surface area contributed by atoms with Gasteiger partial charge in [0.25, 0.3) is 0 Å². The molecule has 19 heavy (non-hydrogen) atoms. The summed E-state index contributed by atoms with van der Waals surface area (Å²) in [4.78, 5) is 33.1. The fourth-order valence-electron chi connectivity index (χ4n) is 1.72. The molecule has 4 atom stereocenters. The monoisotopic (exact) mass is 292 g/mol. The zero-order valence-electron chi connectivity index (χ0n) is 10.8. The Morgan fingerprint density at radius 2 is 1.42 bits per heavy atom. The maximum Gasteiger partial charge on any atom is 0.303 e. The number of carbonyl (C=O) groups excluding carboxylic acids is 3. The van der Waals surface area contributed by atoms with Gasteiger partial charge in [0.2, 0.25) is 0 Å². The summed E-state index contributed by atoms with van der Waals surface area (Å²) in [6.45, 7) is 3.59. The highest BCUT2D eigenvalue weighted by Crippen LogP contribution is 2.30. The predicted molar refractivity (Wildman–Crippen MR) is 65.1 cm³/mol. The number of carbonyl (C=O) groups is 3. The van der Waals surface area contributed by atoms with Crippen molar-refractivity contribution in [2.75, 3.05) is 5.75 Å². The Bertz CT molecular complexity index is 370. The average Bonchev–Trinajstić information content (AvgIpc) is 2.25. The summed E-state index contributed by atoms with van der Waals surface area (Å²) in [5, 5.41) is 9.81. The molecule has 0 aliphatic carbocycles. The molecule has 1 rings (SSSR count). The molecule has 1 aliphatic heterocycles. The Balaban J connectivity index is 2.89. The Hall–Kier alpha value is -1.28. The van der Waals surface area contributed by atoms with Crippen LogP contribution in [0.1, 0.15) is 20.8 Å². The number of hydrogen-bond donors (Lipinski definition) is 1. The van der Waals surface area contributed by atoms with E-state index in [4.69, 9.17) is 14.2 Å². The zero-order chi connectivity index (χ0) is 14.6. The molecule has 0 bridgehead atoms. The van der Waals surface area contributed by atoms with E-state index in [1.807, 2.05) is 0 Å². The Labute approximate surface area is 114 Å². The molecule has 1 heterocycles. The largest absolute Gasteiger partial charge is 0.458 e. The highest BCUT2D eigenvalue weighted by Gasteiger charge is 2.45. The smallest absolute Gasteiger partial charge is 0.303 e. The first-order valence-corrected chi connectivity index (χ1v) is 6.67. The normalized spacial score (nSPS) is 30.3. The van der Waals surface area contributed by atoms with Gasteiger partial charge >= 0.3 is 17.9 Å². The molecule has 7 nitrogen and oxygen atoms in total. The van der Waals surface area contributed by atoms with Gasteiger partial charge in [0.15, 0.2) is 18.3 Å². The fraction of sp³-hybridized carbons (Fsp3) is 0.727. The third-order valence-electron chi connectivity index (χ3n) is 2.32. The molecule has 0 radical (unpaired) electrons. The van der Waals surface area contributed by atoms with Crippen molar-refractivity contribution in [1.29, 1.82) is 0 Å². The molecule has 1 N–H and O–H groups in total. The van der Waals surface area contributed by atoms with Crippen LogP contribution in [0.4, 0.5) is 0 Å². The molecule has 0 aromatic heterocycles. The summed E-state index contributed by atoms with van der Waals surface area (Å²) >= 11 is 1.06. The number of rotatable bonds is 3. The first-order valence-electron chi connectivity index (χ1n) is 5.62. The lowest BCUT2D eigenvalue weighted by Gasteiger charge is -2.38. The van der Waals surface area contributed by atoms with E-state index in [0.717, 1.165) is 11.8 Å². The lowest BCUT2D eigenvalue weighted by Crippen LogP contribution is -2.54. The van der Waals surface area contributed by atoms with Gasteiger partial charge in [-0.1, -0.05) is 0 Å². The first kappa shape index (κ1) is 15.8. The number of hydrogen-bond acceptors (Lipinski definition) is 8. The van der Waals surface area contributed by atoms with E-state index >= 15 is 0 Å². The van der Waals surface area contributed by atoms with Gasteiger partial charge in [-0.2, -0.15) is 0 Å². The van der Waals surface area contributed by atoms with Crippen LogP contribution in [0.3, 0.4) is 0 Å². The van der Waals surface area contributed by atoms with Crippen LogP contribution in [0.5, 0.6) is 0 Å².